The standard InChI is InChI=1S/C28H31ClN4O2/c1-3-35-28(34)32-12-8-20(9-13-32)26-24-7-6-23(29)16-25(24)21(10-14-33-18-30-17-19(33)2)15-22-5-4-11-31-27(22)26/h4-7,11,15-18,20,26H,3,8-10,12-14H2,1-2H3. The zero-order valence-corrected chi connectivity index (χ0v) is 21.0. The molecule has 35 heavy (non-hydrogen) atoms. The lowest BCUT2D eigenvalue weighted by Gasteiger charge is -2.36. The summed E-state index contributed by atoms with van der Waals surface area (Å²) >= 11 is 6.53. The topological polar surface area (TPSA) is 60.2 Å². The lowest BCUT2D eigenvalue weighted by molar-refractivity contribution is 0.0900. The van der Waals surface area contributed by atoms with Gasteiger partial charge in [-0.25, -0.2) is 9.78 Å². The van der Waals surface area contributed by atoms with E-state index in [1.165, 1.54) is 16.7 Å². The Morgan fingerprint density at radius 2 is 2.06 bits per heavy atom. The number of hydrogen-bond donors (Lipinski definition) is 0. The molecular weight excluding hydrogens is 460 g/mol. The van der Waals surface area contributed by atoms with E-state index in [1.54, 1.807) is 0 Å². The van der Waals surface area contributed by atoms with E-state index < -0.39 is 0 Å². The summed E-state index contributed by atoms with van der Waals surface area (Å²) < 4.78 is 7.42. The molecule has 1 aromatic carbocycles. The van der Waals surface area contributed by atoms with Crippen molar-refractivity contribution in [1.29, 1.82) is 0 Å². The predicted molar refractivity (Wildman–Crippen MR) is 138 cm³/mol. The maximum absolute atomic E-state index is 12.3. The highest BCUT2D eigenvalue weighted by atomic mass is 35.5. The van der Waals surface area contributed by atoms with Crippen LogP contribution in [0.15, 0.2) is 49.1 Å². The van der Waals surface area contributed by atoms with Crippen LogP contribution in [-0.4, -0.2) is 45.2 Å². The van der Waals surface area contributed by atoms with E-state index in [1.807, 2.05) is 42.7 Å². The first-order chi connectivity index (χ1) is 17.0. The molecule has 0 spiro atoms. The molecule has 182 valence electrons. The molecule has 5 rings (SSSR count). The molecule has 1 fully saturated rings. The van der Waals surface area contributed by atoms with Crippen molar-refractivity contribution in [2.45, 2.75) is 45.6 Å². The number of carbonyl (C=O) groups excluding carboxylic acids is 1. The Bertz CT molecular complexity index is 1240. The highest BCUT2D eigenvalue weighted by molar-refractivity contribution is 6.30. The zero-order chi connectivity index (χ0) is 24.4. The molecule has 0 radical (unpaired) electrons. The van der Waals surface area contributed by atoms with Crippen molar-refractivity contribution >= 4 is 29.3 Å². The summed E-state index contributed by atoms with van der Waals surface area (Å²) in [6, 6.07) is 10.5. The van der Waals surface area contributed by atoms with Crippen LogP contribution in [0.5, 0.6) is 0 Å². The lowest BCUT2D eigenvalue weighted by Crippen LogP contribution is -2.40. The Morgan fingerprint density at radius 3 is 2.80 bits per heavy atom. The molecule has 6 nitrogen and oxygen atoms in total. The average molecular weight is 491 g/mol. The van der Waals surface area contributed by atoms with Gasteiger partial charge in [0.2, 0.25) is 0 Å². The number of carbonyl (C=O) groups is 1. The molecule has 2 aliphatic rings. The number of pyridine rings is 1. The predicted octanol–water partition coefficient (Wildman–Crippen LogP) is 6.18. The second kappa shape index (κ2) is 10.2. The van der Waals surface area contributed by atoms with Gasteiger partial charge in [0, 0.05) is 48.7 Å². The number of piperidine rings is 1. The van der Waals surface area contributed by atoms with Gasteiger partial charge in [0.15, 0.2) is 0 Å². The Kier molecular flexibility index (Phi) is 6.91. The monoisotopic (exact) mass is 490 g/mol. The van der Waals surface area contributed by atoms with Crippen LogP contribution in [0.2, 0.25) is 5.02 Å². The second-order valence-corrected chi connectivity index (χ2v) is 9.79. The fourth-order valence-electron chi connectivity index (χ4n) is 5.48. The van der Waals surface area contributed by atoms with Crippen LogP contribution in [0.4, 0.5) is 4.79 Å². The van der Waals surface area contributed by atoms with Crippen LogP contribution in [0.1, 0.15) is 60.2 Å². The molecule has 1 saturated heterocycles. The molecule has 1 aliphatic heterocycles. The van der Waals surface area contributed by atoms with Gasteiger partial charge in [0.1, 0.15) is 0 Å². The van der Waals surface area contributed by atoms with Crippen LogP contribution in [0, 0.1) is 12.8 Å². The molecule has 1 amide bonds. The van der Waals surface area contributed by atoms with Gasteiger partial charge >= 0.3 is 6.09 Å². The SMILES string of the molecule is CCOC(=O)N1CCC(C2c3ccc(Cl)cc3C(CCn3cncc3C)=Cc3cccnc32)CC1. The van der Waals surface area contributed by atoms with Gasteiger partial charge in [-0.3, -0.25) is 4.98 Å². The van der Waals surface area contributed by atoms with Gasteiger partial charge in [0.05, 0.1) is 18.6 Å². The molecule has 0 N–H and O–H groups in total. The molecule has 3 heterocycles. The molecule has 7 heteroatoms. The molecule has 2 aromatic heterocycles. The number of nitrogens with zero attached hydrogens (tertiary/aromatic N) is 4. The number of aryl methyl sites for hydroxylation is 2. The van der Waals surface area contributed by atoms with E-state index in [-0.39, 0.29) is 12.0 Å². The summed E-state index contributed by atoms with van der Waals surface area (Å²) in [5.41, 5.74) is 7.16. The molecule has 0 bridgehead atoms. The minimum absolute atomic E-state index is 0.145. The first kappa shape index (κ1) is 23.6. The smallest absolute Gasteiger partial charge is 0.409 e. The van der Waals surface area contributed by atoms with Gasteiger partial charge in [-0.05, 0) is 85.6 Å². The lowest BCUT2D eigenvalue weighted by atomic mass is 9.76. The van der Waals surface area contributed by atoms with Crippen molar-refractivity contribution in [3.8, 4) is 0 Å². The number of benzene rings is 1. The highest BCUT2D eigenvalue weighted by Crippen LogP contribution is 2.45. The number of hydrogen-bond acceptors (Lipinski definition) is 4. The largest absolute Gasteiger partial charge is 0.450 e. The minimum atomic E-state index is -0.212. The van der Waals surface area contributed by atoms with Crippen LogP contribution in [0.3, 0.4) is 0 Å². The van der Waals surface area contributed by atoms with E-state index in [0.717, 1.165) is 47.8 Å². The van der Waals surface area contributed by atoms with Gasteiger partial charge in [-0.2, -0.15) is 0 Å². The Balaban J connectivity index is 1.50. The van der Waals surface area contributed by atoms with Gasteiger partial charge < -0.3 is 14.2 Å². The van der Waals surface area contributed by atoms with Gasteiger partial charge in [-0.15, -0.1) is 0 Å². The van der Waals surface area contributed by atoms with Crippen LogP contribution >= 0.6 is 11.6 Å². The van der Waals surface area contributed by atoms with Crippen molar-refractivity contribution in [2.75, 3.05) is 19.7 Å². The van der Waals surface area contributed by atoms with E-state index in [0.29, 0.717) is 25.6 Å². The number of likely N-dealkylation sites (tertiary alicyclic amines) is 1. The maximum atomic E-state index is 12.3. The third kappa shape index (κ3) is 4.85. The number of halogens is 1. The Hall–Kier alpha value is -3.12. The third-order valence-electron chi connectivity index (χ3n) is 7.27. The van der Waals surface area contributed by atoms with Crippen molar-refractivity contribution in [2.24, 2.45) is 5.92 Å². The van der Waals surface area contributed by atoms with Crippen molar-refractivity contribution in [1.82, 2.24) is 19.4 Å². The summed E-state index contributed by atoms with van der Waals surface area (Å²) in [5.74, 6) is 0.518. The Labute approximate surface area is 211 Å². The zero-order valence-electron chi connectivity index (χ0n) is 20.3. The van der Waals surface area contributed by atoms with Crippen LogP contribution < -0.4 is 0 Å². The van der Waals surface area contributed by atoms with E-state index in [2.05, 4.69) is 40.7 Å². The number of allylic oxidation sites excluding steroid dienone is 1. The van der Waals surface area contributed by atoms with E-state index in [9.17, 15) is 4.79 Å². The molecule has 3 aromatic rings. The van der Waals surface area contributed by atoms with Crippen LogP contribution in [-0.2, 0) is 11.3 Å². The fourth-order valence-corrected chi connectivity index (χ4v) is 5.65. The first-order valence-corrected chi connectivity index (χ1v) is 12.8. The summed E-state index contributed by atoms with van der Waals surface area (Å²) in [6.45, 7) is 6.58. The molecule has 1 atom stereocenters. The van der Waals surface area contributed by atoms with Gasteiger partial charge in [0.25, 0.3) is 0 Å². The summed E-state index contributed by atoms with van der Waals surface area (Å²) in [4.78, 5) is 23.3. The van der Waals surface area contributed by atoms with Gasteiger partial charge in [-0.1, -0.05) is 23.7 Å². The fraction of sp³-hybridized carbons (Fsp3) is 0.393. The second-order valence-electron chi connectivity index (χ2n) is 9.36. The molecule has 1 unspecified atom stereocenters. The highest BCUT2D eigenvalue weighted by Gasteiger charge is 2.35. The number of imidazole rings is 1. The summed E-state index contributed by atoms with van der Waals surface area (Å²) in [7, 11) is 0. The van der Waals surface area contributed by atoms with Crippen LogP contribution in [0.25, 0.3) is 11.6 Å². The molecule has 1 aliphatic carbocycles. The average Bonchev–Trinajstić information content (AvgIpc) is 3.22. The number of ether oxygens (including phenoxy) is 1. The number of aromatic nitrogens is 3. The molecular formula is C28H31ClN4O2. The van der Waals surface area contributed by atoms with Crippen molar-refractivity contribution < 1.29 is 9.53 Å². The molecule has 0 saturated carbocycles. The number of rotatable bonds is 5. The summed E-state index contributed by atoms with van der Waals surface area (Å²) in [6.07, 6.45) is 10.4. The maximum Gasteiger partial charge on any atom is 0.409 e. The Morgan fingerprint density at radius 1 is 1.23 bits per heavy atom. The number of amides is 1. The van der Waals surface area contributed by atoms with E-state index >= 15 is 0 Å². The first-order valence-electron chi connectivity index (χ1n) is 12.4. The number of fused-ring (bicyclic) bond motifs is 2. The van der Waals surface area contributed by atoms with Crippen molar-refractivity contribution in [3.05, 3.63) is 82.2 Å². The van der Waals surface area contributed by atoms with Crippen molar-refractivity contribution in [3.63, 3.8) is 0 Å². The summed E-state index contributed by atoms with van der Waals surface area (Å²) in [5, 5.41) is 0.739. The normalized spacial score (nSPS) is 17.9. The minimum Gasteiger partial charge on any atom is -0.450 e. The third-order valence-corrected chi connectivity index (χ3v) is 7.51. The quantitative estimate of drug-likeness (QED) is 0.428. The van der Waals surface area contributed by atoms with E-state index in [4.69, 9.17) is 21.3 Å².